The molecule has 94 valence electrons. The summed E-state index contributed by atoms with van der Waals surface area (Å²) in [5.74, 6) is -0.846. The van der Waals surface area contributed by atoms with Gasteiger partial charge in [0.25, 0.3) is 5.97 Å². The molecule has 16 heavy (non-hydrogen) atoms. The molecule has 1 fully saturated rings. The first kappa shape index (κ1) is 13.6. The van der Waals surface area contributed by atoms with Crippen LogP contribution in [0.1, 0.15) is 20.8 Å². The summed E-state index contributed by atoms with van der Waals surface area (Å²) in [6.07, 6.45) is -0.0858. The van der Waals surface area contributed by atoms with E-state index in [0.29, 0.717) is 13.2 Å². The first-order valence-electron chi connectivity index (χ1n) is 5.35. The molecular weight excluding hydrogens is 228 g/mol. The molecule has 1 unspecified atom stereocenters. The van der Waals surface area contributed by atoms with Gasteiger partial charge in [0.15, 0.2) is 5.79 Å². The Morgan fingerprint density at radius 1 is 1.50 bits per heavy atom. The summed E-state index contributed by atoms with van der Waals surface area (Å²) in [6, 6.07) is 0. The zero-order chi connectivity index (χ0) is 12.4. The average molecular weight is 248 g/mol. The lowest BCUT2D eigenvalue weighted by atomic mass is 10.4. The third-order valence-electron chi connectivity index (χ3n) is 2.07. The van der Waals surface area contributed by atoms with Crippen LogP contribution in [-0.4, -0.2) is 39.6 Å². The number of carbonyl (C=O) groups excluding carboxylic acids is 1. The molecular formula is C10H20O5Si. The van der Waals surface area contributed by atoms with Crippen LogP contribution < -0.4 is 0 Å². The van der Waals surface area contributed by atoms with Crippen molar-refractivity contribution in [1.29, 1.82) is 0 Å². The van der Waals surface area contributed by atoms with Crippen molar-refractivity contribution in [2.45, 2.75) is 45.8 Å². The highest BCUT2D eigenvalue weighted by Crippen LogP contribution is 2.23. The number of ether oxygens (including phenoxy) is 2. The highest BCUT2D eigenvalue weighted by molar-refractivity contribution is 6.66. The molecule has 0 N–H and O–H groups in total. The molecule has 6 heteroatoms. The normalized spacial score (nSPS) is 24.4. The Morgan fingerprint density at radius 3 is 2.56 bits per heavy atom. The van der Waals surface area contributed by atoms with Crippen LogP contribution in [-0.2, 0) is 23.1 Å². The summed E-state index contributed by atoms with van der Waals surface area (Å²) in [7, 11) is -2.37. The minimum Gasteiger partial charge on any atom is -0.495 e. The SMILES string of the molecule is CC(=O)O[Si](C)(C)OCC1COC(C)(C)O1. The second kappa shape index (κ2) is 4.83. The van der Waals surface area contributed by atoms with E-state index in [1.165, 1.54) is 6.92 Å². The molecule has 0 aromatic carbocycles. The molecule has 5 nitrogen and oxygen atoms in total. The summed E-state index contributed by atoms with van der Waals surface area (Å²) in [5, 5.41) is 0. The maximum absolute atomic E-state index is 10.8. The van der Waals surface area contributed by atoms with Gasteiger partial charge < -0.3 is 18.3 Å². The summed E-state index contributed by atoms with van der Waals surface area (Å²) in [6.45, 7) is 9.68. The molecule has 0 saturated carbocycles. The standard InChI is InChI=1S/C10H20O5Si/c1-8(11)15-16(4,5)13-7-9-6-12-10(2,3)14-9/h9H,6-7H2,1-5H3. The van der Waals surface area contributed by atoms with Crippen molar-refractivity contribution in [2.75, 3.05) is 13.2 Å². The maximum atomic E-state index is 10.8. The van der Waals surface area contributed by atoms with Crippen LogP contribution in [0.2, 0.25) is 13.1 Å². The van der Waals surface area contributed by atoms with Crippen LogP contribution in [0, 0.1) is 0 Å². The lowest BCUT2D eigenvalue weighted by Crippen LogP contribution is -2.39. The van der Waals surface area contributed by atoms with Gasteiger partial charge >= 0.3 is 8.56 Å². The molecule has 1 saturated heterocycles. The molecule has 0 radical (unpaired) electrons. The van der Waals surface area contributed by atoms with Gasteiger partial charge in [-0.3, -0.25) is 4.79 Å². The van der Waals surface area contributed by atoms with Gasteiger partial charge in [0.1, 0.15) is 6.10 Å². The van der Waals surface area contributed by atoms with Crippen LogP contribution in [0.4, 0.5) is 0 Å². The molecule has 0 spiro atoms. The van der Waals surface area contributed by atoms with E-state index in [1.807, 2.05) is 26.9 Å². The van der Waals surface area contributed by atoms with E-state index >= 15 is 0 Å². The second-order valence-corrected chi connectivity index (χ2v) is 8.05. The van der Waals surface area contributed by atoms with Gasteiger partial charge in [-0.25, -0.2) is 0 Å². The van der Waals surface area contributed by atoms with Gasteiger partial charge in [0.2, 0.25) is 0 Å². The van der Waals surface area contributed by atoms with Gasteiger partial charge in [0.05, 0.1) is 13.2 Å². The molecule has 1 aliphatic rings. The van der Waals surface area contributed by atoms with Gasteiger partial charge in [-0.1, -0.05) is 0 Å². The fraction of sp³-hybridized carbons (Fsp3) is 0.900. The molecule has 0 aromatic heterocycles. The molecule has 1 heterocycles. The lowest BCUT2D eigenvalue weighted by Gasteiger charge is -2.23. The van der Waals surface area contributed by atoms with Gasteiger partial charge in [-0.15, -0.1) is 0 Å². The smallest absolute Gasteiger partial charge is 0.395 e. The predicted molar refractivity (Wildman–Crippen MR) is 60.1 cm³/mol. The highest BCUT2D eigenvalue weighted by atomic mass is 28.4. The number of rotatable bonds is 4. The molecule has 1 aliphatic heterocycles. The Balaban J connectivity index is 2.32. The minimum absolute atomic E-state index is 0.0858. The molecule has 1 rings (SSSR count). The first-order chi connectivity index (χ1) is 7.20. The van der Waals surface area contributed by atoms with Crippen molar-refractivity contribution in [3.63, 3.8) is 0 Å². The van der Waals surface area contributed by atoms with Crippen molar-refractivity contribution in [2.24, 2.45) is 0 Å². The van der Waals surface area contributed by atoms with Crippen LogP contribution in [0.3, 0.4) is 0 Å². The molecule has 0 amide bonds. The Morgan fingerprint density at radius 2 is 2.12 bits per heavy atom. The molecule has 0 aliphatic carbocycles. The maximum Gasteiger partial charge on any atom is 0.395 e. The van der Waals surface area contributed by atoms with E-state index in [9.17, 15) is 4.79 Å². The van der Waals surface area contributed by atoms with Crippen molar-refractivity contribution in [3.05, 3.63) is 0 Å². The Kier molecular flexibility index (Phi) is 4.11. The second-order valence-electron chi connectivity index (χ2n) is 4.76. The van der Waals surface area contributed by atoms with E-state index in [0.717, 1.165) is 0 Å². The van der Waals surface area contributed by atoms with Crippen LogP contribution in [0.25, 0.3) is 0 Å². The Hall–Kier alpha value is -0.433. The van der Waals surface area contributed by atoms with Gasteiger partial charge in [0, 0.05) is 6.92 Å². The van der Waals surface area contributed by atoms with E-state index in [4.69, 9.17) is 18.3 Å². The van der Waals surface area contributed by atoms with Gasteiger partial charge in [-0.05, 0) is 26.9 Å². The Labute approximate surface area is 97.3 Å². The molecule has 0 bridgehead atoms. The topological polar surface area (TPSA) is 54.0 Å². The molecule has 1 atom stereocenters. The zero-order valence-corrected chi connectivity index (χ0v) is 11.5. The fourth-order valence-corrected chi connectivity index (χ4v) is 2.85. The predicted octanol–water partition coefficient (Wildman–Crippen LogP) is 1.42. The fourth-order valence-electron chi connectivity index (χ4n) is 1.51. The van der Waals surface area contributed by atoms with Crippen molar-refractivity contribution >= 4 is 14.5 Å². The van der Waals surface area contributed by atoms with Crippen molar-refractivity contribution < 1.29 is 23.1 Å². The number of carbonyl (C=O) groups is 1. The first-order valence-corrected chi connectivity index (χ1v) is 8.17. The van der Waals surface area contributed by atoms with Crippen LogP contribution in [0.15, 0.2) is 0 Å². The average Bonchev–Trinajstić information content (AvgIpc) is 2.40. The lowest BCUT2D eigenvalue weighted by molar-refractivity contribution is -0.144. The van der Waals surface area contributed by atoms with Crippen molar-refractivity contribution in [1.82, 2.24) is 0 Å². The van der Waals surface area contributed by atoms with E-state index in [2.05, 4.69) is 0 Å². The third-order valence-corrected chi connectivity index (χ3v) is 3.71. The number of hydrogen-bond donors (Lipinski definition) is 0. The zero-order valence-electron chi connectivity index (χ0n) is 10.5. The molecule has 0 aromatic rings. The quantitative estimate of drug-likeness (QED) is 0.704. The van der Waals surface area contributed by atoms with E-state index in [1.54, 1.807) is 0 Å². The van der Waals surface area contributed by atoms with Crippen molar-refractivity contribution in [3.8, 4) is 0 Å². The largest absolute Gasteiger partial charge is 0.495 e. The summed E-state index contributed by atoms with van der Waals surface area (Å²) in [5.41, 5.74) is 0. The summed E-state index contributed by atoms with van der Waals surface area (Å²) >= 11 is 0. The minimum atomic E-state index is -2.37. The van der Waals surface area contributed by atoms with E-state index < -0.39 is 14.3 Å². The highest BCUT2D eigenvalue weighted by Gasteiger charge is 2.35. The summed E-state index contributed by atoms with van der Waals surface area (Å²) < 4.78 is 21.7. The Bertz CT molecular complexity index is 264. The van der Waals surface area contributed by atoms with E-state index in [-0.39, 0.29) is 12.1 Å². The number of hydrogen-bond acceptors (Lipinski definition) is 5. The summed E-state index contributed by atoms with van der Waals surface area (Å²) in [4.78, 5) is 10.8. The van der Waals surface area contributed by atoms with Crippen LogP contribution in [0.5, 0.6) is 0 Å². The third kappa shape index (κ3) is 4.61. The monoisotopic (exact) mass is 248 g/mol. The van der Waals surface area contributed by atoms with Gasteiger partial charge in [-0.2, -0.15) is 0 Å². The van der Waals surface area contributed by atoms with Crippen LogP contribution >= 0.6 is 0 Å².